The summed E-state index contributed by atoms with van der Waals surface area (Å²) >= 11 is 0. The lowest BCUT2D eigenvalue weighted by Crippen LogP contribution is -2.48. The molecular formula is C22H29N5O3S. The summed E-state index contributed by atoms with van der Waals surface area (Å²) < 4.78 is 33.0. The van der Waals surface area contributed by atoms with Crippen molar-refractivity contribution in [1.29, 1.82) is 0 Å². The molecule has 1 N–H and O–H groups in total. The summed E-state index contributed by atoms with van der Waals surface area (Å²) in [6.07, 6.45) is 6.36. The lowest BCUT2D eigenvalue weighted by molar-refractivity contribution is -0.0634. The van der Waals surface area contributed by atoms with Gasteiger partial charge < -0.3 is 14.2 Å². The average molecular weight is 444 g/mol. The molecule has 0 aliphatic carbocycles. The number of ether oxygens (including phenoxy) is 1. The number of aryl methyl sites for hydroxylation is 2. The molecule has 1 saturated heterocycles. The zero-order valence-electron chi connectivity index (χ0n) is 18.4. The van der Waals surface area contributed by atoms with Gasteiger partial charge in [0.25, 0.3) is 0 Å². The van der Waals surface area contributed by atoms with Crippen molar-refractivity contribution in [1.82, 2.24) is 19.3 Å². The molecule has 0 saturated carbocycles. The van der Waals surface area contributed by atoms with E-state index >= 15 is 0 Å². The maximum absolute atomic E-state index is 11.4. The second kappa shape index (κ2) is 8.22. The van der Waals surface area contributed by atoms with Gasteiger partial charge in [0.1, 0.15) is 11.3 Å². The highest BCUT2D eigenvalue weighted by Gasteiger charge is 2.40. The number of fused-ring (bicyclic) bond motifs is 1. The Hall–Kier alpha value is -2.49. The first kappa shape index (κ1) is 21.7. The first-order valence-corrected chi connectivity index (χ1v) is 12.3. The van der Waals surface area contributed by atoms with Crippen LogP contribution in [0.25, 0.3) is 11.0 Å². The van der Waals surface area contributed by atoms with Crippen LogP contribution in [0.1, 0.15) is 24.5 Å². The van der Waals surface area contributed by atoms with Gasteiger partial charge in [-0.15, -0.1) is 0 Å². The van der Waals surface area contributed by atoms with Crippen LogP contribution in [0.5, 0.6) is 0 Å². The van der Waals surface area contributed by atoms with Gasteiger partial charge in [-0.05, 0) is 30.0 Å². The fourth-order valence-electron chi connectivity index (χ4n) is 4.13. The predicted molar refractivity (Wildman–Crippen MR) is 122 cm³/mol. The van der Waals surface area contributed by atoms with Gasteiger partial charge in [0, 0.05) is 37.8 Å². The Balaban J connectivity index is 1.61. The molecule has 1 fully saturated rings. The number of aromatic nitrogens is 3. The number of sulfonamides is 1. The van der Waals surface area contributed by atoms with E-state index in [4.69, 9.17) is 4.74 Å². The predicted octanol–water partition coefficient (Wildman–Crippen LogP) is 2.51. The summed E-state index contributed by atoms with van der Waals surface area (Å²) in [5.41, 5.74) is 5.28. The van der Waals surface area contributed by atoms with Crippen LogP contribution in [-0.2, 0) is 33.6 Å². The number of anilines is 2. The number of nitrogens with zero attached hydrogens (tertiary/aromatic N) is 4. The monoisotopic (exact) mass is 443 g/mol. The molecule has 0 radical (unpaired) electrons. The minimum absolute atomic E-state index is 0.148. The Bertz CT molecular complexity index is 1200. The molecule has 8 nitrogen and oxygen atoms in total. The summed E-state index contributed by atoms with van der Waals surface area (Å²) in [6.45, 7) is 3.76. The van der Waals surface area contributed by atoms with E-state index in [0.717, 1.165) is 29.0 Å². The maximum Gasteiger partial charge on any atom is 0.208 e. The molecule has 3 heterocycles. The number of imidazole rings is 1. The van der Waals surface area contributed by atoms with E-state index in [2.05, 4.69) is 44.7 Å². The minimum atomic E-state index is -3.20. The molecule has 4 rings (SSSR count). The van der Waals surface area contributed by atoms with E-state index in [1.807, 2.05) is 24.7 Å². The largest absolute Gasteiger partial charge is 0.379 e. The van der Waals surface area contributed by atoms with Crippen molar-refractivity contribution in [3.63, 3.8) is 0 Å². The SMILES string of the molecule is CCc1cc(C2(CCNS(C)(=O)=O)COC2)ccc1N(C)c1cc2c(cn1)ncn2C. The molecule has 1 aliphatic rings. The van der Waals surface area contributed by atoms with Crippen LogP contribution in [0.3, 0.4) is 0 Å². The third-order valence-corrected chi connectivity index (χ3v) is 6.83. The summed E-state index contributed by atoms with van der Waals surface area (Å²) in [5, 5.41) is 0. The van der Waals surface area contributed by atoms with Gasteiger partial charge in [0.15, 0.2) is 0 Å². The normalized spacial score (nSPS) is 15.7. The molecule has 1 aliphatic heterocycles. The van der Waals surface area contributed by atoms with Crippen molar-refractivity contribution in [3.05, 3.63) is 47.9 Å². The minimum Gasteiger partial charge on any atom is -0.379 e. The standard InChI is InChI=1S/C22H29N5O3S/c1-5-16-10-17(22(13-30-14-22)8-9-25-31(4,28)29)6-7-19(16)27(3)21-11-20-18(12-23-21)24-15-26(20)2/h6-7,10-12,15,25H,5,8-9,13-14H2,1-4H3. The van der Waals surface area contributed by atoms with Gasteiger partial charge >= 0.3 is 0 Å². The topological polar surface area (TPSA) is 89.3 Å². The van der Waals surface area contributed by atoms with Crippen LogP contribution < -0.4 is 9.62 Å². The smallest absolute Gasteiger partial charge is 0.208 e. The van der Waals surface area contributed by atoms with Crippen LogP contribution in [0.4, 0.5) is 11.5 Å². The Morgan fingerprint density at radius 1 is 1.26 bits per heavy atom. The van der Waals surface area contributed by atoms with Crippen molar-refractivity contribution in [2.45, 2.75) is 25.2 Å². The van der Waals surface area contributed by atoms with Gasteiger partial charge in [-0.25, -0.2) is 23.1 Å². The number of benzene rings is 1. The highest BCUT2D eigenvalue weighted by atomic mass is 32.2. The molecule has 3 aromatic rings. The number of pyridine rings is 1. The molecule has 0 atom stereocenters. The van der Waals surface area contributed by atoms with Crippen molar-refractivity contribution < 1.29 is 13.2 Å². The van der Waals surface area contributed by atoms with Crippen LogP contribution in [0.15, 0.2) is 36.8 Å². The Morgan fingerprint density at radius 2 is 2.03 bits per heavy atom. The van der Waals surface area contributed by atoms with Crippen LogP contribution in [0.2, 0.25) is 0 Å². The molecular weight excluding hydrogens is 414 g/mol. The lowest BCUT2D eigenvalue weighted by Gasteiger charge is -2.42. The van der Waals surface area contributed by atoms with E-state index in [1.54, 1.807) is 12.5 Å². The first-order valence-electron chi connectivity index (χ1n) is 10.4. The number of hydrogen-bond donors (Lipinski definition) is 1. The lowest BCUT2D eigenvalue weighted by atomic mass is 9.75. The molecule has 166 valence electrons. The quantitative estimate of drug-likeness (QED) is 0.575. The second-order valence-corrected chi connectivity index (χ2v) is 10.2. The van der Waals surface area contributed by atoms with Gasteiger partial charge in [0.05, 0.1) is 37.5 Å². The Labute approximate surface area is 183 Å². The molecule has 9 heteroatoms. The Morgan fingerprint density at radius 3 is 2.68 bits per heavy atom. The zero-order valence-corrected chi connectivity index (χ0v) is 19.2. The van der Waals surface area contributed by atoms with Gasteiger partial charge in [-0.1, -0.05) is 19.1 Å². The first-order chi connectivity index (χ1) is 14.7. The summed E-state index contributed by atoms with van der Waals surface area (Å²) in [6, 6.07) is 8.55. The molecule has 1 aromatic carbocycles. The fraction of sp³-hybridized carbons (Fsp3) is 0.455. The van der Waals surface area contributed by atoms with E-state index in [9.17, 15) is 8.42 Å². The second-order valence-electron chi connectivity index (χ2n) is 8.33. The van der Waals surface area contributed by atoms with Gasteiger partial charge in [-0.3, -0.25) is 0 Å². The van der Waals surface area contributed by atoms with E-state index in [1.165, 1.54) is 17.4 Å². The Kier molecular flexibility index (Phi) is 5.76. The van der Waals surface area contributed by atoms with Crippen molar-refractivity contribution in [2.24, 2.45) is 7.05 Å². The van der Waals surface area contributed by atoms with E-state index in [0.29, 0.717) is 26.2 Å². The van der Waals surface area contributed by atoms with E-state index in [-0.39, 0.29) is 5.41 Å². The third-order valence-electron chi connectivity index (χ3n) is 6.10. The maximum atomic E-state index is 11.4. The molecule has 2 aromatic heterocycles. The number of rotatable bonds is 8. The van der Waals surface area contributed by atoms with Crippen molar-refractivity contribution in [3.8, 4) is 0 Å². The zero-order chi connectivity index (χ0) is 22.2. The highest BCUT2D eigenvalue weighted by molar-refractivity contribution is 7.88. The molecule has 0 bridgehead atoms. The van der Waals surface area contributed by atoms with Crippen LogP contribution >= 0.6 is 0 Å². The van der Waals surface area contributed by atoms with Crippen LogP contribution in [-0.4, -0.2) is 56.0 Å². The highest BCUT2D eigenvalue weighted by Crippen LogP contribution is 2.38. The summed E-state index contributed by atoms with van der Waals surface area (Å²) in [7, 11) is 0.802. The third kappa shape index (κ3) is 4.30. The average Bonchev–Trinajstić information content (AvgIpc) is 3.08. The van der Waals surface area contributed by atoms with Crippen LogP contribution in [0, 0.1) is 0 Å². The number of hydrogen-bond acceptors (Lipinski definition) is 6. The fourth-order valence-corrected chi connectivity index (χ4v) is 4.60. The molecule has 31 heavy (non-hydrogen) atoms. The number of nitrogens with one attached hydrogen (secondary N) is 1. The van der Waals surface area contributed by atoms with Gasteiger partial charge in [-0.2, -0.15) is 0 Å². The van der Waals surface area contributed by atoms with E-state index < -0.39 is 10.0 Å². The van der Waals surface area contributed by atoms with Gasteiger partial charge in [0.2, 0.25) is 10.0 Å². The summed E-state index contributed by atoms with van der Waals surface area (Å²) in [5.74, 6) is 0.859. The molecule has 0 spiro atoms. The van der Waals surface area contributed by atoms with Crippen molar-refractivity contribution >= 4 is 32.6 Å². The summed E-state index contributed by atoms with van der Waals surface area (Å²) in [4.78, 5) is 11.0. The van der Waals surface area contributed by atoms with Crippen molar-refractivity contribution in [2.75, 3.05) is 38.0 Å². The molecule has 0 unspecified atom stereocenters. The molecule has 0 amide bonds.